The molecule has 0 aliphatic carbocycles. The van der Waals surface area contributed by atoms with Crippen LogP contribution in [-0.2, 0) is 6.54 Å². The van der Waals surface area contributed by atoms with Crippen molar-refractivity contribution in [1.82, 2.24) is 4.90 Å². The highest BCUT2D eigenvalue weighted by Crippen LogP contribution is 2.32. The lowest BCUT2D eigenvalue weighted by molar-refractivity contribution is 0.218. The van der Waals surface area contributed by atoms with Gasteiger partial charge in [0, 0.05) is 19.3 Å². The molecule has 2 amide bonds. The average molecular weight is 253 g/mol. The Morgan fingerprint density at radius 3 is 2.76 bits per heavy atom. The number of urea groups is 1. The fourth-order valence-corrected chi connectivity index (χ4v) is 2.10. The maximum atomic E-state index is 11.5. The maximum absolute atomic E-state index is 11.5. The van der Waals surface area contributed by atoms with E-state index >= 15 is 0 Å². The number of carbonyl (C=O) groups excluding carboxylic acids is 1. The second kappa shape index (κ2) is 4.57. The first kappa shape index (κ1) is 12.2. The number of benzene rings is 1. The Kier molecular flexibility index (Phi) is 3.29. The molecule has 1 aliphatic heterocycles. The van der Waals surface area contributed by atoms with Crippen molar-refractivity contribution in [3.05, 3.63) is 29.3 Å². The molecule has 0 spiro atoms. The average Bonchev–Trinajstić information content (AvgIpc) is 2.29. The molecular weight excluding hydrogens is 236 g/mol. The second-order valence-electron chi connectivity index (χ2n) is 4.85. The number of nitrogens with zero attached hydrogens (tertiary/aromatic N) is 1. The first-order chi connectivity index (χ1) is 7.99. The molecule has 1 N–H and O–H groups in total. The molecule has 4 heteroatoms. The molecule has 1 aliphatic rings. The van der Waals surface area contributed by atoms with Crippen LogP contribution in [0.3, 0.4) is 0 Å². The predicted octanol–water partition coefficient (Wildman–Crippen LogP) is 3.60. The van der Waals surface area contributed by atoms with E-state index in [0.717, 1.165) is 16.8 Å². The molecule has 92 valence electrons. The molecule has 0 saturated carbocycles. The largest absolute Gasteiger partial charge is 0.323 e. The first-order valence-corrected chi connectivity index (χ1v) is 6.21. The van der Waals surface area contributed by atoms with Crippen LogP contribution < -0.4 is 5.32 Å². The fourth-order valence-electron chi connectivity index (χ4n) is 1.96. The number of fused-ring (bicyclic) bond motifs is 1. The molecule has 1 atom stereocenters. The van der Waals surface area contributed by atoms with Gasteiger partial charge in [-0.3, -0.25) is 0 Å². The molecule has 1 unspecified atom stereocenters. The standard InChI is InChI=1S/C13H17ClN2O/c1-8(2)12(14)9-4-5-11-10(6-9)7-16(3)13(17)15-11/h4-6,8,12H,7H2,1-3H3,(H,15,17). The Morgan fingerprint density at radius 1 is 1.41 bits per heavy atom. The van der Waals surface area contributed by atoms with Crippen molar-refractivity contribution >= 4 is 23.3 Å². The van der Waals surface area contributed by atoms with Crippen molar-refractivity contribution < 1.29 is 4.79 Å². The molecule has 17 heavy (non-hydrogen) atoms. The number of rotatable bonds is 2. The van der Waals surface area contributed by atoms with Crippen LogP contribution >= 0.6 is 11.6 Å². The topological polar surface area (TPSA) is 32.3 Å². The normalized spacial score (nSPS) is 16.8. The number of anilines is 1. The fraction of sp³-hybridized carbons (Fsp3) is 0.462. The molecule has 1 aromatic carbocycles. The number of carbonyl (C=O) groups is 1. The van der Waals surface area contributed by atoms with Gasteiger partial charge in [-0.2, -0.15) is 0 Å². The van der Waals surface area contributed by atoms with Crippen LogP contribution in [0.1, 0.15) is 30.4 Å². The summed E-state index contributed by atoms with van der Waals surface area (Å²) in [6.45, 7) is 4.84. The lowest BCUT2D eigenvalue weighted by atomic mass is 9.98. The van der Waals surface area contributed by atoms with Gasteiger partial charge < -0.3 is 10.2 Å². The van der Waals surface area contributed by atoms with E-state index in [1.54, 1.807) is 11.9 Å². The van der Waals surface area contributed by atoms with E-state index in [4.69, 9.17) is 11.6 Å². The number of amides is 2. The molecule has 2 rings (SSSR count). The Labute approximate surface area is 107 Å². The zero-order valence-electron chi connectivity index (χ0n) is 10.3. The van der Waals surface area contributed by atoms with Crippen LogP contribution in [-0.4, -0.2) is 18.0 Å². The highest BCUT2D eigenvalue weighted by atomic mass is 35.5. The summed E-state index contributed by atoms with van der Waals surface area (Å²) in [5, 5.41) is 2.87. The quantitative estimate of drug-likeness (QED) is 0.802. The van der Waals surface area contributed by atoms with Gasteiger partial charge in [0.2, 0.25) is 0 Å². The molecule has 1 heterocycles. The minimum Gasteiger partial charge on any atom is -0.323 e. The molecule has 0 fully saturated rings. The monoisotopic (exact) mass is 252 g/mol. The van der Waals surface area contributed by atoms with E-state index in [-0.39, 0.29) is 11.4 Å². The highest BCUT2D eigenvalue weighted by molar-refractivity contribution is 6.21. The third kappa shape index (κ3) is 2.39. The smallest absolute Gasteiger partial charge is 0.321 e. The SMILES string of the molecule is CC(C)C(Cl)c1ccc2c(c1)CN(C)C(=O)N2. The summed E-state index contributed by atoms with van der Waals surface area (Å²) in [6, 6.07) is 5.95. The number of halogens is 1. The summed E-state index contributed by atoms with van der Waals surface area (Å²) in [5.41, 5.74) is 3.13. The van der Waals surface area contributed by atoms with E-state index in [1.165, 1.54) is 0 Å². The van der Waals surface area contributed by atoms with Gasteiger partial charge in [0.25, 0.3) is 0 Å². The summed E-state index contributed by atoms with van der Waals surface area (Å²) in [5.74, 6) is 0.394. The highest BCUT2D eigenvalue weighted by Gasteiger charge is 2.21. The van der Waals surface area contributed by atoms with Crippen molar-refractivity contribution in [3.63, 3.8) is 0 Å². The van der Waals surface area contributed by atoms with Gasteiger partial charge in [-0.1, -0.05) is 26.0 Å². The summed E-state index contributed by atoms with van der Waals surface area (Å²) in [4.78, 5) is 13.1. The molecular formula is C13H17ClN2O. The number of alkyl halides is 1. The summed E-state index contributed by atoms with van der Waals surface area (Å²) in [7, 11) is 1.78. The van der Waals surface area contributed by atoms with Gasteiger partial charge >= 0.3 is 6.03 Å². The minimum absolute atomic E-state index is 0.0169. The number of nitrogens with one attached hydrogen (secondary N) is 1. The van der Waals surface area contributed by atoms with Gasteiger partial charge in [-0.05, 0) is 23.1 Å². The Morgan fingerprint density at radius 2 is 2.12 bits per heavy atom. The molecule has 0 radical (unpaired) electrons. The van der Waals surface area contributed by atoms with Crippen LogP contribution in [0.2, 0.25) is 0 Å². The third-order valence-electron chi connectivity index (χ3n) is 3.03. The minimum atomic E-state index is -0.0588. The predicted molar refractivity (Wildman–Crippen MR) is 70.4 cm³/mol. The maximum Gasteiger partial charge on any atom is 0.321 e. The zero-order valence-corrected chi connectivity index (χ0v) is 11.1. The Balaban J connectivity index is 2.32. The number of hydrogen-bond acceptors (Lipinski definition) is 1. The van der Waals surface area contributed by atoms with Crippen LogP contribution in [0.15, 0.2) is 18.2 Å². The van der Waals surface area contributed by atoms with E-state index in [0.29, 0.717) is 12.5 Å². The van der Waals surface area contributed by atoms with Gasteiger partial charge in [0.05, 0.1) is 5.38 Å². The van der Waals surface area contributed by atoms with Gasteiger partial charge in [0.15, 0.2) is 0 Å². The Bertz CT molecular complexity index is 445. The number of hydrogen-bond donors (Lipinski definition) is 1. The van der Waals surface area contributed by atoms with Crippen molar-refractivity contribution in [1.29, 1.82) is 0 Å². The summed E-state index contributed by atoms with van der Waals surface area (Å²) < 4.78 is 0. The molecule has 0 saturated heterocycles. The summed E-state index contributed by atoms with van der Waals surface area (Å²) in [6.07, 6.45) is 0. The molecule has 0 bridgehead atoms. The lowest BCUT2D eigenvalue weighted by Crippen LogP contribution is -2.35. The lowest BCUT2D eigenvalue weighted by Gasteiger charge is -2.27. The third-order valence-corrected chi connectivity index (χ3v) is 3.78. The van der Waals surface area contributed by atoms with E-state index < -0.39 is 0 Å². The van der Waals surface area contributed by atoms with Crippen LogP contribution in [0.25, 0.3) is 0 Å². The van der Waals surface area contributed by atoms with Crippen molar-refractivity contribution in [2.24, 2.45) is 5.92 Å². The first-order valence-electron chi connectivity index (χ1n) is 5.78. The molecule has 3 nitrogen and oxygen atoms in total. The molecule has 0 aromatic heterocycles. The summed E-state index contributed by atoms with van der Waals surface area (Å²) >= 11 is 6.35. The zero-order chi connectivity index (χ0) is 12.6. The van der Waals surface area contributed by atoms with Crippen LogP contribution in [0, 0.1) is 5.92 Å². The van der Waals surface area contributed by atoms with Crippen molar-refractivity contribution in [2.45, 2.75) is 25.8 Å². The van der Waals surface area contributed by atoms with Gasteiger partial charge in [-0.25, -0.2) is 4.79 Å². The van der Waals surface area contributed by atoms with Gasteiger partial charge in [0.1, 0.15) is 0 Å². The van der Waals surface area contributed by atoms with E-state index in [2.05, 4.69) is 25.2 Å². The molecule has 1 aromatic rings. The Hall–Kier alpha value is -1.22. The van der Waals surface area contributed by atoms with Crippen molar-refractivity contribution in [3.8, 4) is 0 Å². The van der Waals surface area contributed by atoms with E-state index in [1.807, 2.05) is 12.1 Å². The van der Waals surface area contributed by atoms with Crippen molar-refractivity contribution in [2.75, 3.05) is 12.4 Å². The van der Waals surface area contributed by atoms with Crippen LogP contribution in [0.5, 0.6) is 0 Å². The van der Waals surface area contributed by atoms with Crippen LogP contribution in [0.4, 0.5) is 10.5 Å². The van der Waals surface area contributed by atoms with E-state index in [9.17, 15) is 4.79 Å². The second-order valence-corrected chi connectivity index (χ2v) is 5.32. The van der Waals surface area contributed by atoms with Gasteiger partial charge in [-0.15, -0.1) is 11.6 Å².